The van der Waals surface area contributed by atoms with Crippen LogP contribution in [0.4, 0.5) is 10.6 Å². The Hall–Kier alpha value is -6.03. The van der Waals surface area contributed by atoms with E-state index in [4.69, 9.17) is 4.74 Å². The molecule has 0 saturated carbocycles. The van der Waals surface area contributed by atoms with E-state index in [-0.39, 0.29) is 30.9 Å². The van der Waals surface area contributed by atoms with Crippen molar-refractivity contribution in [1.29, 1.82) is 0 Å². The van der Waals surface area contributed by atoms with Gasteiger partial charge >= 0.3 is 6.09 Å². The molecule has 4 N–H and O–H groups in total. The maximum Gasteiger partial charge on any atom is 0.408 e. The summed E-state index contributed by atoms with van der Waals surface area (Å²) in [4.78, 5) is 73.4. The normalized spacial score (nSPS) is 13.5. The minimum absolute atomic E-state index is 0.0303. The minimum atomic E-state index is -0.673. The molecule has 2 aliphatic rings. The van der Waals surface area contributed by atoms with Crippen LogP contribution in [0.5, 0.6) is 0 Å². The molecule has 5 heterocycles. The predicted molar refractivity (Wildman–Crippen MR) is 221 cm³/mol. The number of likely N-dealkylation sites (tertiary alicyclic amines) is 2. The number of alkyl carbamates (subject to hydrolysis) is 1. The van der Waals surface area contributed by atoms with Gasteiger partial charge in [-0.1, -0.05) is 86.2 Å². The van der Waals surface area contributed by atoms with Crippen molar-refractivity contribution in [3.63, 3.8) is 0 Å². The number of rotatable bonds is 10. The highest BCUT2D eigenvalue weighted by Gasteiger charge is 2.29. The maximum absolute atomic E-state index is 12.5. The van der Waals surface area contributed by atoms with E-state index >= 15 is 0 Å². The Kier molecular flexibility index (Phi) is 17.7. The number of ether oxygens (including phenoxy) is 1. The molecule has 57 heavy (non-hydrogen) atoms. The number of fused-ring (bicyclic) bond motifs is 1. The van der Waals surface area contributed by atoms with Gasteiger partial charge < -0.3 is 35.5 Å². The van der Waals surface area contributed by atoms with Crippen LogP contribution in [0, 0.1) is 0 Å². The Labute approximate surface area is 337 Å². The Morgan fingerprint density at radius 1 is 0.895 bits per heavy atom. The first-order valence-corrected chi connectivity index (χ1v) is 20.1. The Bertz CT molecular complexity index is 1950. The molecule has 0 spiro atoms. The van der Waals surface area contributed by atoms with Crippen molar-refractivity contribution in [2.75, 3.05) is 44.6 Å². The zero-order valence-electron chi connectivity index (χ0n) is 33.0. The van der Waals surface area contributed by atoms with E-state index < -0.39 is 12.1 Å². The van der Waals surface area contributed by atoms with Crippen LogP contribution in [-0.4, -0.2) is 98.7 Å². The summed E-state index contributed by atoms with van der Waals surface area (Å²) in [6.07, 6.45) is 12.8. The van der Waals surface area contributed by atoms with E-state index in [1.165, 1.54) is 13.3 Å². The van der Waals surface area contributed by atoms with Crippen LogP contribution in [0.25, 0.3) is 26.7 Å². The molecule has 304 valence electrons. The molecular formula is C41H53N9O6S. The van der Waals surface area contributed by atoms with Crippen molar-refractivity contribution in [2.24, 2.45) is 0 Å². The van der Waals surface area contributed by atoms with Gasteiger partial charge in [0.15, 0.2) is 10.8 Å². The lowest BCUT2D eigenvalue weighted by molar-refractivity contribution is -0.132. The van der Waals surface area contributed by atoms with Crippen LogP contribution in [0.3, 0.4) is 0 Å². The second kappa shape index (κ2) is 23.1. The van der Waals surface area contributed by atoms with Crippen molar-refractivity contribution in [1.82, 2.24) is 39.8 Å². The Morgan fingerprint density at radius 3 is 2.09 bits per heavy atom. The monoisotopic (exact) mass is 799 g/mol. The average molecular weight is 800 g/mol. The SMILES string of the molecule is CC(=O)NCC(=O)N1CCCC1.CCC.CCOC(=O)NC(C(=O)N1CCCC1)c1ccccc1.O=CNc1cn2cc(-c3ccc(-c4cnc[nH]4)cc3)sc2n1. The van der Waals surface area contributed by atoms with Crippen LogP contribution < -0.4 is 16.0 Å². The van der Waals surface area contributed by atoms with Gasteiger partial charge in [-0.05, 0) is 49.3 Å². The summed E-state index contributed by atoms with van der Waals surface area (Å²) in [5.74, 6) is 0.370. The molecule has 1 atom stereocenters. The molecule has 1 unspecified atom stereocenters. The second-order valence-corrected chi connectivity index (χ2v) is 14.2. The zero-order valence-corrected chi connectivity index (χ0v) is 33.8. The molecule has 0 aliphatic carbocycles. The summed E-state index contributed by atoms with van der Waals surface area (Å²) in [6.45, 7) is 11.0. The molecule has 5 amide bonds. The summed E-state index contributed by atoms with van der Waals surface area (Å²) < 4.78 is 6.80. The van der Waals surface area contributed by atoms with Gasteiger partial charge in [0, 0.05) is 39.3 Å². The number of aromatic amines is 1. The molecule has 15 nitrogen and oxygen atoms in total. The number of benzene rings is 2. The summed E-state index contributed by atoms with van der Waals surface area (Å²) in [6, 6.07) is 16.9. The van der Waals surface area contributed by atoms with E-state index in [0.717, 1.165) is 84.1 Å². The van der Waals surface area contributed by atoms with E-state index in [1.807, 2.05) is 40.9 Å². The Morgan fingerprint density at radius 2 is 1.53 bits per heavy atom. The number of amides is 5. The summed E-state index contributed by atoms with van der Waals surface area (Å²) in [7, 11) is 0. The molecule has 2 aromatic carbocycles. The molecule has 3 aromatic heterocycles. The standard InChI is InChI=1S/C15H11N5OS.C15H20N2O3.C8H14N2O2.C3H8/c21-9-18-14-7-20-6-13(22-15(20)19-14)11-3-1-10(2-4-11)12-5-16-8-17-12;1-2-20-15(19)16-13(12-8-4-3-5-9-12)14(18)17-10-6-7-11-17;1-7(11)9-6-8(12)10-4-2-3-5-10;1-3-2/h1-9H,(H,16,17)(H,18,21);3-5,8-9,13H,2,6-7,10-11H2,1H3,(H,16,19);2-6H2,1H3,(H,9,11);3H2,1-2H3. The van der Waals surface area contributed by atoms with Crippen molar-refractivity contribution < 1.29 is 28.7 Å². The van der Waals surface area contributed by atoms with Crippen LogP contribution in [0.15, 0.2) is 79.5 Å². The number of nitrogens with one attached hydrogen (secondary N) is 4. The predicted octanol–water partition coefficient (Wildman–Crippen LogP) is 6.28. The van der Waals surface area contributed by atoms with E-state index in [1.54, 1.807) is 46.8 Å². The number of carbonyl (C=O) groups is 5. The fraction of sp³-hybridized carbons (Fsp3) is 0.390. The van der Waals surface area contributed by atoms with Crippen molar-refractivity contribution in [3.8, 4) is 21.7 Å². The highest BCUT2D eigenvalue weighted by atomic mass is 32.1. The van der Waals surface area contributed by atoms with Gasteiger partial charge in [0.05, 0.1) is 42.4 Å². The lowest BCUT2D eigenvalue weighted by Gasteiger charge is -2.24. The third-order valence-corrected chi connectivity index (χ3v) is 9.67. The van der Waals surface area contributed by atoms with Crippen molar-refractivity contribution in [2.45, 2.75) is 65.8 Å². The highest BCUT2D eigenvalue weighted by Crippen LogP contribution is 2.30. The van der Waals surface area contributed by atoms with E-state index in [9.17, 15) is 24.0 Å². The van der Waals surface area contributed by atoms with Crippen LogP contribution in [0.1, 0.15) is 71.4 Å². The third-order valence-electron chi connectivity index (χ3n) is 8.62. The smallest absolute Gasteiger partial charge is 0.408 e. The van der Waals surface area contributed by atoms with Crippen LogP contribution >= 0.6 is 11.3 Å². The fourth-order valence-corrected chi connectivity index (χ4v) is 6.88. The number of hydrogen-bond donors (Lipinski definition) is 4. The van der Waals surface area contributed by atoms with Gasteiger partial charge in [-0.25, -0.2) is 14.8 Å². The maximum atomic E-state index is 12.5. The number of H-pyrrole nitrogens is 1. The van der Waals surface area contributed by atoms with Crippen molar-refractivity contribution >= 4 is 52.3 Å². The first kappa shape index (κ1) is 43.7. The molecule has 2 saturated heterocycles. The van der Waals surface area contributed by atoms with Gasteiger partial charge in [-0.2, -0.15) is 0 Å². The molecule has 7 rings (SSSR count). The van der Waals surface area contributed by atoms with Gasteiger partial charge in [-0.3, -0.25) is 23.6 Å². The zero-order chi connectivity index (χ0) is 41.0. The molecular weight excluding hydrogens is 747 g/mol. The molecule has 16 heteroatoms. The van der Waals surface area contributed by atoms with E-state index in [2.05, 4.69) is 69.0 Å². The van der Waals surface area contributed by atoms with Gasteiger partial charge in [0.25, 0.3) is 0 Å². The number of imidazole rings is 2. The number of nitrogens with zero attached hydrogens (tertiary/aromatic N) is 5. The molecule has 2 fully saturated rings. The molecule has 2 aliphatic heterocycles. The fourth-order valence-electron chi connectivity index (χ4n) is 5.91. The van der Waals surface area contributed by atoms with Crippen molar-refractivity contribution in [3.05, 3.63) is 85.1 Å². The summed E-state index contributed by atoms with van der Waals surface area (Å²) in [5, 5.41) is 7.70. The van der Waals surface area contributed by atoms with Gasteiger partial charge in [-0.15, -0.1) is 0 Å². The lowest BCUT2D eigenvalue weighted by Crippen LogP contribution is -2.42. The number of anilines is 1. The number of aromatic nitrogens is 4. The van der Waals surface area contributed by atoms with Gasteiger partial charge in [0.2, 0.25) is 24.1 Å². The number of hydrogen-bond acceptors (Lipinski definition) is 9. The first-order valence-electron chi connectivity index (χ1n) is 19.2. The minimum Gasteiger partial charge on any atom is -0.450 e. The number of thiazole rings is 1. The molecule has 0 radical (unpaired) electrons. The van der Waals surface area contributed by atoms with Crippen LogP contribution in [-0.2, 0) is 23.9 Å². The average Bonchev–Trinajstić information content (AvgIpc) is 4.07. The first-order chi connectivity index (χ1) is 27.7. The van der Waals surface area contributed by atoms with Crippen LogP contribution in [0.2, 0.25) is 0 Å². The van der Waals surface area contributed by atoms with E-state index in [0.29, 0.717) is 12.2 Å². The van der Waals surface area contributed by atoms with Gasteiger partial charge in [0.1, 0.15) is 6.04 Å². The molecule has 5 aromatic rings. The summed E-state index contributed by atoms with van der Waals surface area (Å²) in [5.41, 5.74) is 4.00. The highest BCUT2D eigenvalue weighted by molar-refractivity contribution is 7.20. The Balaban J connectivity index is 0.000000190. The quantitative estimate of drug-likeness (QED) is 0.119. The topological polar surface area (TPSA) is 183 Å². The summed E-state index contributed by atoms with van der Waals surface area (Å²) >= 11 is 1.58. The third kappa shape index (κ3) is 13.6. The lowest BCUT2D eigenvalue weighted by atomic mass is 10.1. The number of carbonyl (C=O) groups excluding carboxylic acids is 5. The molecule has 0 bridgehead atoms. The second-order valence-electron chi connectivity index (χ2n) is 13.2. The largest absolute Gasteiger partial charge is 0.450 e.